The molecule has 2 heterocycles. The Kier molecular flexibility index (Phi) is 4.56. The second-order valence-electron chi connectivity index (χ2n) is 6.15. The summed E-state index contributed by atoms with van der Waals surface area (Å²) in [6.45, 7) is 0.503. The van der Waals surface area contributed by atoms with Crippen LogP contribution in [0.3, 0.4) is 0 Å². The number of aliphatic hydroxyl groups excluding tert-OH is 1. The lowest BCUT2D eigenvalue weighted by Gasteiger charge is -2.13. The Morgan fingerprint density at radius 1 is 0.963 bits per heavy atom. The highest BCUT2D eigenvalue weighted by molar-refractivity contribution is 5.78. The quantitative estimate of drug-likeness (QED) is 0.591. The van der Waals surface area contributed by atoms with Crippen LogP contribution in [0.5, 0.6) is 0 Å². The second-order valence-corrected chi connectivity index (χ2v) is 6.15. The van der Waals surface area contributed by atoms with Crippen LogP contribution in [0.1, 0.15) is 5.56 Å². The molecule has 0 fully saturated rings. The molecule has 0 aliphatic carbocycles. The van der Waals surface area contributed by atoms with Crippen LogP contribution >= 0.6 is 0 Å². The number of aliphatic hydroxyl groups is 1. The molecule has 0 amide bonds. The number of benzene rings is 2. The SMILES string of the molecule is N#Cc1ccc(-n2cccc2-c2c(-c3ccccc3)ncn2CCO)cc1. The molecular weight excluding hydrogens is 336 g/mol. The molecule has 0 unspecified atom stereocenters. The normalized spacial score (nSPS) is 10.7. The Bertz CT molecular complexity index is 1090. The number of hydrogen-bond donors (Lipinski definition) is 1. The number of aromatic nitrogens is 3. The molecule has 2 aromatic heterocycles. The molecule has 0 spiro atoms. The van der Waals surface area contributed by atoms with Gasteiger partial charge in [-0.1, -0.05) is 30.3 Å². The number of nitrogens with zero attached hydrogens (tertiary/aromatic N) is 4. The first kappa shape index (κ1) is 16.8. The third-order valence-electron chi connectivity index (χ3n) is 4.49. The van der Waals surface area contributed by atoms with E-state index in [4.69, 9.17) is 5.26 Å². The third kappa shape index (κ3) is 3.14. The summed E-state index contributed by atoms with van der Waals surface area (Å²) in [4.78, 5) is 4.62. The minimum Gasteiger partial charge on any atom is -0.395 e. The summed E-state index contributed by atoms with van der Waals surface area (Å²) >= 11 is 0. The van der Waals surface area contributed by atoms with Crippen molar-refractivity contribution in [2.24, 2.45) is 0 Å². The van der Waals surface area contributed by atoms with Gasteiger partial charge in [0.1, 0.15) is 0 Å². The van der Waals surface area contributed by atoms with Crippen molar-refractivity contribution in [2.75, 3.05) is 6.61 Å². The summed E-state index contributed by atoms with van der Waals surface area (Å²) in [5.41, 5.74) is 5.41. The first-order valence-electron chi connectivity index (χ1n) is 8.71. The van der Waals surface area contributed by atoms with Crippen LogP contribution in [0.2, 0.25) is 0 Å². The summed E-state index contributed by atoms with van der Waals surface area (Å²) in [7, 11) is 0. The van der Waals surface area contributed by atoms with Gasteiger partial charge in [0.2, 0.25) is 0 Å². The molecule has 27 heavy (non-hydrogen) atoms. The average molecular weight is 354 g/mol. The first-order chi connectivity index (χ1) is 13.3. The van der Waals surface area contributed by atoms with Gasteiger partial charge in [-0.2, -0.15) is 5.26 Å². The van der Waals surface area contributed by atoms with Crippen LogP contribution in [-0.4, -0.2) is 25.8 Å². The average Bonchev–Trinajstić information content (AvgIpc) is 3.36. The standard InChI is InChI=1S/C22H18N4O/c23-15-17-8-10-19(11-9-17)26-12-4-7-20(26)22-21(18-5-2-1-3-6-18)24-16-25(22)13-14-27/h1-12,16,27H,13-14H2. The summed E-state index contributed by atoms with van der Waals surface area (Å²) in [5.74, 6) is 0. The van der Waals surface area contributed by atoms with Gasteiger partial charge in [0.15, 0.2) is 0 Å². The molecule has 5 heteroatoms. The Morgan fingerprint density at radius 2 is 1.74 bits per heavy atom. The fourth-order valence-corrected chi connectivity index (χ4v) is 3.23. The van der Waals surface area contributed by atoms with Crippen LogP contribution < -0.4 is 0 Å². The lowest BCUT2D eigenvalue weighted by molar-refractivity contribution is 0.276. The van der Waals surface area contributed by atoms with Crippen molar-refractivity contribution < 1.29 is 5.11 Å². The zero-order chi connectivity index (χ0) is 18.6. The van der Waals surface area contributed by atoms with Crippen LogP contribution in [0.15, 0.2) is 79.3 Å². The Balaban J connectivity index is 1.88. The van der Waals surface area contributed by atoms with Crippen molar-refractivity contribution in [2.45, 2.75) is 6.54 Å². The molecule has 0 aliphatic rings. The molecule has 0 saturated heterocycles. The molecule has 4 rings (SSSR count). The monoisotopic (exact) mass is 354 g/mol. The van der Waals surface area contributed by atoms with Gasteiger partial charge in [-0.05, 0) is 36.4 Å². The van der Waals surface area contributed by atoms with Crippen LogP contribution in [0.4, 0.5) is 0 Å². The van der Waals surface area contributed by atoms with Gasteiger partial charge >= 0.3 is 0 Å². The van der Waals surface area contributed by atoms with E-state index in [-0.39, 0.29) is 6.61 Å². The maximum Gasteiger partial charge on any atom is 0.0991 e. The lowest BCUT2D eigenvalue weighted by Crippen LogP contribution is -2.05. The van der Waals surface area contributed by atoms with Gasteiger partial charge in [0, 0.05) is 24.0 Å². The van der Waals surface area contributed by atoms with Gasteiger partial charge in [0.25, 0.3) is 0 Å². The van der Waals surface area contributed by atoms with Crippen LogP contribution in [0, 0.1) is 11.3 Å². The molecular formula is C22H18N4O. The molecule has 0 radical (unpaired) electrons. The molecule has 0 aliphatic heterocycles. The van der Waals surface area contributed by atoms with Crippen molar-refractivity contribution in [3.63, 3.8) is 0 Å². The summed E-state index contributed by atoms with van der Waals surface area (Å²) in [6, 6.07) is 23.7. The van der Waals surface area contributed by atoms with Gasteiger partial charge in [0.05, 0.1) is 41.6 Å². The van der Waals surface area contributed by atoms with Crippen molar-refractivity contribution in [3.8, 4) is 34.4 Å². The third-order valence-corrected chi connectivity index (χ3v) is 4.49. The lowest BCUT2D eigenvalue weighted by atomic mass is 10.1. The number of nitriles is 1. The van der Waals surface area contributed by atoms with Crippen molar-refractivity contribution >= 4 is 0 Å². The number of rotatable bonds is 5. The highest BCUT2D eigenvalue weighted by atomic mass is 16.3. The van der Waals surface area contributed by atoms with E-state index in [9.17, 15) is 5.11 Å². The predicted molar refractivity (Wildman–Crippen MR) is 104 cm³/mol. The maximum absolute atomic E-state index is 9.48. The van der Waals surface area contributed by atoms with E-state index in [1.807, 2.05) is 77.5 Å². The summed E-state index contributed by atoms with van der Waals surface area (Å²) < 4.78 is 4.04. The van der Waals surface area contributed by atoms with E-state index < -0.39 is 0 Å². The second kappa shape index (κ2) is 7.32. The zero-order valence-corrected chi connectivity index (χ0v) is 14.7. The van der Waals surface area contributed by atoms with Gasteiger partial charge in [-0.15, -0.1) is 0 Å². The molecule has 5 nitrogen and oxygen atoms in total. The van der Waals surface area contributed by atoms with E-state index in [0.29, 0.717) is 12.1 Å². The van der Waals surface area contributed by atoms with Crippen LogP contribution in [-0.2, 0) is 6.54 Å². The molecule has 1 N–H and O–H groups in total. The van der Waals surface area contributed by atoms with E-state index in [1.165, 1.54) is 0 Å². The zero-order valence-electron chi connectivity index (χ0n) is 14.7. The van der Waals surface area contributed by atoms with E-state index in [2.05, 4.69) is 15.6 Å². The summed E-state index contributed by atoms with van der Waals surface area (Å²) in [5, 5.41) is 18.5. The smallest absolute Gasteiger partial charge is 0.0991 e. The minimum absolute atomic E-state index is 0.0369. The van der Waals surface area contributed by atoms with Gasteiger partial charge in [-0.25, -0.2) is 4.98 Å². The first-order valence-corrected chi connectivity index (χ1v) is 8.71. The molecule has 0 atom stereocenters. The molecule has 0 bridgehead atoms. The number of imidazole rings is 1. The molecule has 4 aromatic rings. The Hall–Kier alpha value is -3.62. The van der Waals surface area contributed by atoms with Crippen molar-refractivity contribution in [1.82, 2.24) is 14.1 Å². The maximum atomic E-state index is 9.48. The topological polar surface area (TPSA) is 66.8 Å². The predicted octanol–water partition coefficient (Wildman–Crippen LogP) is 3.87. The molecule has 132 valence electrons. The Labute approximate surface area is 157 Å². The van der Waals surface area contributed by atoms with Gasteiger partial charge in [-0.3, -0.25) is 0 Å². The Morgan fingerprint density at radius 3 is 2.44 bits per heavy atom. The molecule has 2 aromatic carbocycles. The largest absolute Gasteiger partial charge is 0.395 e. The highest BCUT2D eigenvalue weighted by Crippen LogP contribution is 2.33. The summed E-state index contributed by atoms with van der Waals surface area (Å²) in [6.07, 6.45) is 3.76. The van der Waals surface area contributed by atoms with E-state index in [1.54, 1.807) is 6.33 Å². The van der Waals surface area contributed by atoms with E-state index >= 15 is 0 Å². The van der Waals surface area contributed by atoms with Crippen molar-refractivity contribution in [1.29, 1.82) is 5.26 Å². The fraction of sp³-hybridized carbons (Fsp3) is 0.0909. The fourth-order valence-electron chi connectivity index (χ4n) is 3.23. The van der Waals surface area contributed by atoms with Crippen LogP contribution in [0.25, 0.3) is 28.3 Å². The van der Waals surface area contributed by atoms with E-state index in [0.717, 1.165) is 28.3 Å². The highest BCUT2D eigenvalue weighted by Gasteiger charge is 2.18. The van der Waals surface area contributed by atoms with Gasteiger partial charge < -0.3 is 14.2 Å². The number of hydrogen-bond acceptors (Lipinski definition) is 3. The molecule has 0 saturated carbocycles. The van der Waals surface area contributed by atoms with Crippen molar-refractivity contribution in [3.05, 3.63) is 84.8 Å². The minimum atomic E-state index is 0.0369.